The Morgan fingerprint density at radius 3 is 2.29 bits per heavy atom. The summed E-state index contributed by atoms with van der Waals surface area (Å²) in [5.74, 6) is -6.21. The molecule has 0 saturated heterocycles. The highest BCUT2D eigenvalue weighted by molar-refractivity contribution is 9.10. The van der Waals surface area contributed by atoms with Gasteiger partial charge in [-0.25, -0.2) is 13.2 Å². The molecule has 2 rings (SSSR count). The van der Waals surface area contributed by atoms with Gasteiger partial charge in [0.1, 0.15) is 23.4 Å². The maximum atomic E-state index is 13.6. The van der Waals surface area contributed by atoms with Crippen molar-refractivity contribution in [1.29, 1.82) is 5.26 Å². The molecule has 0 heterocycles. The Labute approximate surface area is 127 Å². The van der Waals surface area contributed by atoms with E-state index in [0.717, 1.165) is 0 Å². The Morgan fingerprint density at radius 2 is 1.76 bits per heavy atom. The zero-order valence-electron chi connectivity index (χ0n) is 10.4. The van der Waals surface area contributed by atoms with E-state index in [4.69, 9.17) is 5.26 Å². The van der Waals surface area contributed by atoms with Gasteiger partial charge in [0, 0.05) is 16.6 Å². The van der Waals surface area contributed by atoms with E-state index in [0.29, 0.717) is 22.2 Å². The number of benzene rings is 2. The molecule has 1 unspecified atom stereocenters. The molecule has 0 aliphatic rings. The van der Waals surface area contributed by atoms with Crippen LogP contribution >= 0.6 is 15.9 Å². The summed E-state index contributed by atoms with van der Waals surface area (Å²) in [7, 11) is 0. The van der Waals surface area contributed by atoms with Crippen molar-refractivity contribution >= 4 is 21.7 Å². The number of ketones is 1. The van der Waals surface area contributed by atoms with E-state index in [-0.39, 0.29) is 0 Å². The summed E-state index contributed by atoms with van der Waals surface area (Å²) in [6, 6.07) is 8.81. The molecule has 0 amide bonds. The molecule has 2 aromatic rings. The van der Waals surface area contributed by atoms with Crippen molar-refractivity contribution in [3.63, 3.8) is 0 Å². The molecule has 0 N–H and O–H groups in total. The number of halogens is 4. The van der Waals surface area contributed by atoms with E-state index in [1.807, 2.05) is 0 Å². The molecule has 2 aromatic carbocycles. The third-order valence-electron chi connectivity index (χ3n) is 2.83. The number of Topliss-reactive ketones (excluding diaryl/α,β-unsaturated/α-hetero) is 1. The van der Waals surface area contributed by atoms with Crippen LogP contribution in [0.1, 0.15) is 21.8 Å². The fourth-order valence-electron chi connectivity index (χ4n) is 1.89. The summed E-state index contributed by atoms with van der Waals surface area (Å²) < 4.78 is 40.8. The van der Waals surface area contributed by atoms with E-state index >= 15 is 0 Å². The van der Waals surface area contributed by atoms with Crippen molar-refractivity contribution in [1.82, 2.24) is 0 Å². The van der Waals surface area contributed by atoms with Crippen LogP contribution in [0.25, 0.3) is 0 Å². The minimum absolute atomic E-state index is 0.292. The molecule has 0 saturated carbocycles. The first kappa shape index (κ1) is 15.3. The van der Waals surface area contributed by atoms with Gasteiger partial charge in [-0.05, 0) is 17.7 Å². The summed E-state index contributed by atoms with van der Waals surface area (Å²) >= 11 is 3.19. The van der Waals surface area contributed by atoms with E-state index in [2.05, 4.69) is 15.9 Å². The largest absolute Gasteiger partial charge is 0.292 e. The number of carbonyl (C=O) groups is 1. The standard InChI is InChI=1S/C15H7BrF3NO/c16-9-3-1-2-8(4-9)11(7-20)15(21)14-12(18)5-10(17)6-13(14)19/h1-6,11H. The summed E-state index contributed by atoms with van der Waals surface area (Å²) in [5.41, 5.74) is -0.622. The van der Waals surface area contributed by atoms with Crippen LogP contribution in [0, 0.1) is 28.8 Å². The van der Waals surface area contributed by atoms with Gasteiger partial charge in [0.2, 0.25) is 0 Å². The highest BCUT2D eigenvalue weighted by atomic mass is 79.9. The highest BCUT2D eigenvalue weighted by Crippen LogP contribution is 2.26. The van der Waals surface area contributed by atoms with Crippen molar-refractivity contribution in [2.24, 2.45) is 0 Å². The lowest BCUT2D eigenvalue weighted by Gasteiger charge is -2.10. The normalized spacial score (nSPS) is 11.8. The second-order valence-corrected chi connectivity index (χ2v) is 5.14. The number of nitriles is 1. The molecule has 6 heteroatoms. The molecule has 106 valence electrons. The van der Waals surface area contributed by atoms with Crippen LogP contribution in [0.4, 0.5) is 13.2 Å². The van der Waals surface area contributed by atoms with Gasteiger partial charge in [0.15, 0.2) is 5.78 Å². The van der Waals surface area contributed by atoms with Gasteiger partial charge in [-0.15, -0.1) is 0 Å². The smallest absolute Gasteiger partial charge is 0.190 e. The van der Waals surface area contributed by atoms with Crippen molar-refractivity contribution < 1.29 is 18.0 Å². The molecule has 21 heavy (non-hydrogen) atoms. The van der Waals surface area contributed by atoms with Gasteiger partial charge < -0.3 is 0 Å². The average molecular weight is 354 g/mol. The van der Waals surface area contributed by atoms with Crippen LogP contribution in [0.2, 0.25) is 0 Å². The zero-order valence-corrected chi connectivity index (χ0v) is 12.0. The minimum atomic E-state index is -1.38. The van der Waals surface area contributed by atoms with E-state index in [1.165, 1.54) is 12.1 Å². The quantitative estimate of drug-likeness (QED) is 0.769. The topological polar surface area (TPSA) is 40.9 Å². The second-order valence-electron chi connectivity index (χ2n) is 4.23. The molecule has 0 bridgehead atoms. The maximum absolute atomic E-state index is 13.6. The van der Waals surface area contributed by atoms with Crippen LogP contribution in [0.5, 0.6) is 0 Å². The van der Waals surface area contributed by atoms with Gasteiger partial charge in [-0.1, -0.05) is 28.1 Å². The SMILES string of the molecule is N#CC(C(=O)c1c(F)cc(F)cc1F)c1cccc(Br)c1. The molecule has 0 spiro atoms. The molecule has 0 radical (unpaired) electrons. The Bertz CT molecular complexity index is 732. The Hall–Kier alpha value is -2.13. The summed E-state index contributed by atoms with van der Waals surface area (Å²) in [5, 5.41) is 9.13. The molecule has 2 nitrogen and oxygen atoms in total. The van der Waals surface area contributed by atoms with Crippen LogP contribution in [0.15, 0.2) is 40.9 Å². The molecular weight excluding hydrogens is 347 g/mol. The van der Waals surface area contributed by atoms with Crippen molar-refractivity contribution in [3.8, 4) is 6.07 Å². The first-order chi connectivity index (χ1) is 9.93. The zero-order chi connectivity index (χ0) is 15.6. The Kier molecular flexibility index (Phi) is 4.43. The molecule has 0 aromatic heterocycles. The number of carbonyl (C=O) groups excluding carboxylic acids is 1. The monoisotopic (exact) mass is 353 g/mol. The lowest BCUT2D eigenvalue weighted by Crippen LogP contribution is -2.15. The summed E-state index contributed by atoms with van der Waals surface area (Å²) in [6.45, 7) is 0. The van der Waals surface area contributed by atoms with E-state index < -0.39 is 34.7 Å². The number of hydrogen-bond donors (Lipinski definition) is 0. The van der Waals surface area contributed by atoms with Crippen LogP contribution in [-0.4, -0.2) is 5.78 Å². The van der Waals surface area contributed by atoms with E-state index in [9.17, 15) is 18.0 Å². The predicted octanol–water partition coefficient (Wildman–Crippen LogP) is 4.36. The summed E-state index contributed by atoms with van der Waals surface area (Å²) in [4.78, 5) is 12.2. The van der Waals surface area contributed by atoms with Crippen molar-refractivity contribution in [3.05, 3.63) is 69.4 Å². The Morgan fingerprint density at radius 1 is 1.14 bits per heavy atom. The molecule has 1 atom stereocenters. The maximum Gasteiger partial charge on any atom is 0.190 e. The lowest BCUT2D eigenvalue weighted by atomic mass is 9.91. The molecular formula is C15H7BrF3NO. The Balaban J connectivity index is 2.50. The number of rotatable bonds is 3. The summed E-state index contributed by atoms with van der Waals surface area (Å²) in [6.07, 6.45) is 0. The van der Waals surface area contributed by atoms with Gasteiger partial charge in [-0.2, -0.15) is 5.26 Å². The first-order valence-corrected chi connectivity index (χ1v) is 6.57. The second kappa shape index (κ2) is 6.10. The van der Waals surface area contributed by atoms with Gasteiger partial charge in [0.25, 0.3) is 0 Å². The fourth-order valence-corrected chi connectivity index (χ4v) is 2.31. The first-order valence-electron chi connectivity index (χ1n) is 5.78. The lowest BCUT2D eigenvalue weighted by molar-refractivity contribution is 0.0970. The number of hydrogen-bond acceptors (Lipinski definition) is 2. The minimum Gasteiger partial charge on any atom is -0.292 e. The third-order valence-corrected chi connectivity index (χ3v) is 3.32. The molecule has 0 fully saturated rings. The van der Waals surface area contributed by atoms with Gasteiger partial charge in [-0.3, -0.25) is 4.79 Å². The van der Waals surface area contributed by atoms with Gasteiger partial charge >= 0.3 is 0 Å². The van der Waals surface area contributed by atoms with Crippen LogP contribution in [-0.2, 0) is 0 Å². The third kappa shape index (κ3) is 3.14. The number of nitrogens with zero attached hydrogens (tertiary/aromatic N) is 1. The van der Waals surface area contributed by atoms with Gasteiger partial charge in [0.05, 0.1) is 11.6 Å². The highest BCUT2D eigenvalue weighted by Gasteiger charge is 2.28. The van der Waals surface area contributed by atoms with Crippen molar-refractivity contribution in [2.75, 3.05) is 0 Å². The van der Waals surface area contributed by atoms with E-state index in [1.54, 1.807) is 18.2 Å². The molecule has 0 aliphatic carbocycles. The molecule has 0 aliphatic heterocycles. The predicted molar refractivity (Wildman–Crippen MR) is 73.1 cm³/mol. The average Bonchev–Trinajstić information content (AvgIpc) is 2.38. The fraction of sp³-hybridized carbons (Fsp3) is 0.0667. The van der Waals surface area contributed by atoms with Crippen molar-refractivity contribution in [2.45, 2.75) is 5.92 Å². The van der Waals surface area contributed by atoms with Crippen LogP contribution < -0.4 is 0 Å². The van der Waals surface area contributed by atoms with Crippen LogP contribution in [0.3, 0.4) is 0 Å².